The molecule has 1 unspecified atom stereocenters. The molecular formula is C13H24O2. The lowest BCUT2D eigenvalue weighted by Gasteiger charge is -2.20. The van der Waals surface area contributed by atoms with E-state index in [9.17, 15) is 4.79 Å². The molecule has 1 aliphatic rings. The molecule has 1 fully saturated rings. The number of ether oxygens (including phenoxy) is 1. The Hall–Kier alpha value is -0.370. The molecule has 0 saturated heterocycles. The van der Waals surface area contributed by atoms with Gasteiger partial charge in [0.05, 0.1) is 0 Å². The molecule has 0 radical (unpaired) electrons. The van der Waals surface area contributed by atoms with E-state index in [1.807, 2.05) is 0 Å². The van der Waals surface area contributed by atoms with E-state index in [2.05, 4.69) is 13.8 Å². The van der Waals surface area contributed by atoms with Gasteiger partial charge in [-0.2, -0.15) is 0 Å². The molecule has 1 rings (SSSR count). The molecule has 15 heavy (non-hydrogen) atoms. The van der Waals surface area contributed by atoms with Gasteiger partial charge in [-0.1, -0.05) is 20.3 Å². The third-order valence-electron chi connectivity index (χ3n) is 3.13. The summed E-state index contributed by atoms with van der Waals surface area (Å²) in [5, 5.41) is 0. The number of rotatable bonds is 6. The summed E-state index contributed by atoms with van der Waals surface area (Å²) < 4.78 is 5.54. The lowest BCUT2D eigenvalue weighted by Crippen LogP contribution is -2.20. The van der Waals surface area contributed by atoms with Crippen molar-refractivity contribution in [1.29, 1.82) is 0 Å². The topological polar surface area (TPSA) is 26.3 Å². The lowest BCUT2D eigenvalue weighted by molar-refractivity contribution is -0.125. The Morgan fingerprint density at radius 3 is 2.80 bits per heavy atom. The minimum Gasteiger partial charge on any atom is -0.381 e. The van der Waals surface area contributed by atoms with Crippen LogP contribution in [0.25, 0.3) is 0 Å². The Kier molecular flexibility index (Phi) is 5.92. The molecule has 0 N–H and O–H groups in total. The second kappa shape index (κ2) is 7.00. The lowest BCUT2D eigenvalue weighted by atomic mass is 9.86. The van der Waals surface area contributed by atoms with Gasteiger partial charge in [-0.05, 0) is 31.6 Å². The highest BCUT2D eigenvalue weighted by atomic mass is 16.5. The first-order chi connectivity index (χ1) is 7.20. The fraction of sp³-hybridized carbons (Fsp3) is 0.923. The molecule has 0 amide bonds. The molecule has 0 aliphatic heterocycles. The Labute approximate surface area is 93.4 Å². The first-order valence-electron chi connectivity index (χ1n) is 6.30. The van der Waals surface area contributed by atoms with E-state index in [0.29, 0.717) is 17.6 Å². The van der Waals surface area contributed by atoms with E-state index >= 15 is 0 Å². The second-order valence-corrected chi connectivity index (χ2v) is 4.99. The van der Waals surface area contributed by atoms with Gasteiger partial charge >= 0.3 is 0 Å². The second-order valence-electron chi connectivity index (χ2n) is 4.99. The van der Waals surface area contributed by atoms with Gasteiger partial charge in [-0.3, -0.25) is 4.79 Å². The molecule has 0 heterocycles. The Balaban J connectivity index is 2.01. The van der Waals surface area contributed by atoms with Crippen molar-refractivity contribution in [3.05, 3.63) is 0 Å². The van der Waals surface area contributed by atoms with Gasteiger partial charge in [0, 0.05) is 25.6 Å². The largest absolute Gasteiger partial charge is 0.381 e. The number of ketones is 1. The first-order valence-corrected chi connectivity index (χ1v) is 6.30. The van der Waals surface area contributed by atoms with Crippen molar-refractivity contribution in [2.24, 2.45) is 11.8 Å². The van der Waals surface area contributed by atoms with E-state index in [-0.39, 0.29) is 0 Å². The number of Topliss-reactive ketones (excluding diaryl/α,β-unsaturated/α-hetero) is 1. The smallest absolute Gasteiger partial charge is 0.136 e. The molecule has 0 aromatic rings. The standard InChI is InChI=1S/C13H24O2/c1-11(2)7-9-15-10-8-12-5-3-4-6-13(12)14/h11-12H,3-10H2,1-2H3. The van der Waals surface area contributed by atoms with Crippen molar-refractivity contribution in [3.63, 3.8) is 0 Å². The molecule has 88 valence electrons. The van der Waals surface area contributed by atoms with Crippen molar-refractivity contribution in [3.8, 4) is 0 Å². The van der Waals surface area contributed by atoms with E-state index in [4.69, 9.17) is 4.74 Å². The van der Waals surface area contributed by atoms with Gasteiger partial charge in [-0.15, -0.1) is 0 Å². The quantitative estimate of drug-likeness (QED) is 0.632. The Morgan fingerprint density at radius 2 is 2.13 bits per heavy atom. The summed E-state index contributed by atoms with van der Waals surface area (Å²) in [4.78, 5) is 11.5. The van der Waals surface area contributed by atoms with Gasteiger partial charge in [0.25, 0.3) is 0 Å². The van der Waals surface area contributed by atoms with Crippen LogP contribution in [0.4, 0.5) is 0 Å². The van der Waals surface area contributed by atoms with Gasteiger partial charge < -0.3 is 4.74 Å². The van der Waals surface area contributed by atoms with E-state index < -0.39 is 0 Å². The van der Waals surface area contributed by atoms with Gasteiger partial charge in [-0.25, -0.2) is 0 Å². The minimum absolute atomic E-state index is 0.304. The molecular weight excluding hydrogens is 188 g/mol. The molecule has 1 saturated carbocycles. The van der Waals surface area contributed by atoms with Crippen LogP contribution >= 0.6 is 0 Å². The molecule has 1 atom stereocenters. The summed E-state index contributed by atoms with van der Waals surface area (Å²) in [5.74, 6) is 1.48. The zero-order valence-electron chi connectivity index (χ0n) is 10.1. The van der Waals surface area contributed by atoms with Crippen molar-refractivity contribution >= 4 is 5.78 Å². The van der Waals surface area contributed by atoms with Crippen LogP contribution in [0.5, 0.6) is 0 Å². The summed E-state index contributed by atoms with van der Waals surface area (Å²) in [6, 6.07) is 0. The van der Waals surface area contributed by atoms with E-state index in [1.54, 1.807) is 0 Å². The summed E-state index contributed by atoms with van der Waals surface area (Å²) in [7, 11) is 0. The predicted octanol–water partition coefficient (Wildman–Crippen LogP) is 3.20. The zero-order valence-corrected chi connectivity index (χ0v) is 10.1. The molecule has 2 heteroatoms. The maximum absolute atomic E-state index is 11.5. The Bertz CT molecular complexity index is 187. The number of hydrogen-bond donors (Lipinski definition) is 0. The van der Waals surface area contributed by atoms with Gasteiger partial charge in [0.1, 0.15) is 5.78 Å². The van der Waals surface area contributed by atoms with Crippen molar-refractivity contribution in [2.45, 2.75) is 52.4 Å². The summed E-state index contributed by atoms with van der Waals surface area (Å²) >= 11 is 0. The molecule has 0 aromatic carbocycles. The highest BCUT2D eigenvalue weighted by Gasteiger charge is 2.21. The summed E-state index contributed by atoms with van der Waals surface area (Å²) in [5.41, 5.74) is 0. The van der Waals surface area contributed by atoms with E-state index in [0.717, 1.165) is 45.3 Å². The number of hydrogen-bond acceptors (Lipinski definition) is 2. The monoisotopic (exact) mass is 212 g/mol. The third-order valence-corrected chi connectivity index (χ3v) is 3.13. The fourth-order valence-electron chi connectivity index (χ4n) is 2.01. The summed E-state index contributed by atoms with van der Waals surface area (Å²) in [6.07, 6.45) is 6.28. The van der Waals surface area contributed by atoms with Crippen LogP contribution in [0.1, 0.15) is 52.4 Å². The number of carbonyl (C=O) groups excluding carboxylic acids is 1. The average molecular weight is 212 g/mol. The summed E-state index contributed by atoms with van der Waals surface area (Å²) in [6.45, 7) is 6.02. The van der Waals surface area contributed by atoms with Crippen LogP contribution in [-0.4, -0.2) is 19.0 Å². The molecule has 1 aliphatic carbocycles. The predicted molar refractivity (Wildman–Crippen MR) is 61.9 cm³/mol. The highest BCUT2D eigenvalue weighted by molar-refractivity contribution is 5.81. The van der Waals surface area contributed by atoms with Crippen LogP contribution in [-0.2, 0) is 9.53 Å². The minimum atomic E-state index is 0.304. The van der Waals surface area contributed by atoms with Crippen LogP contribution in [0, 0.1) is 11.8 Å². The van der Waals surface area contributed by atoms with Gasteiger partial charge in [0.15, 0.2) is 0 Å². The first kappa shape index (κ1) is 12.7. The van der Waals surface area contributed by atoms with Crippen molar-refractivity contribution in [1.82, 2.24) is 0 Å². The van der Waals surface area contributed by atoms with Crippen LogP contribution < -0.4 is 0 Å². The molecule has 0 spiro atoms. The molecule has 0 bridgehead atoms. The molecule has 2 nitrogen and oxygen atoms in total. The average Bonchev–Trinajstić information content (AvgIpc) is 2.20. The number of carbonyl (C=O) groups is 1. The third kappa shape index (κ3) is 5.31. The van der Waals surface area contributed by atoms with Gasteiger partial charge in [0.2, 0.25) is 0 Å². The SMILES string of the molecule is CC(C)CCOCCC1CCCCC1=O. The fourth-order valence-corrected chi connectivity index (χ4v) is 2.01. The van der Waals surface area contributed by atoms with Crippen molar-refractivity contribution in [2.75, 3.05) is 13.2 Å². The van der Waals surface area contributed by atoms with Crippen LogP contribution in [0.3, 0.4) is 0 Å². The maximum Gasteiger partial charge on any atom is 0.136 e. The normalized spacial score (nSPS) is 22.3. The Morgan fingerprint density at radius 1 is 1.33 bits per heavy atom. The van der Waals surface area contributed by atoms with Crippen LogP contribution in [0.15, 0.2) is 0 Å². The highest BCUT2D eigenvalue weighted by Crippen LogP contribution is 2.23. The zero-order chi connectivity index (χ0) is 11.1. The van der Waals surface area contributed by atoms with Crippen molar-refractivity contribution < 1.29 is 9.53 Å². The van der Waals surface area contributed by atoms with Crippen LogP contribution in [0.2, 0.25) is 0 Å². The maximum atomic E-state index is 11.5. The van der Waals surface area contributed by atoms with E-state index in [1.165, 1.54) is 6.42 Å². The molecule has 0 aromatic heterocycles.